The van der Waals surface area contributed by atoms with Crippen LogP contribution < -0.4 is 4.90 Å². The number of anilines is 1. The van der Waals surface area contributed by atoms with Gasteiger partial charge in [-0.25, -0.2) is 0 Å². The Morgan fingerprint density at radius 2 is 1.80 bits per heavy atom. The van der Waals surface area contributed by atoms with Gasteiger partial charge in [0.25, 0.3) is 5.91 Å². The Hall–Kier alpha value is -3.85. The number of carbonyl (C=O) groups excluding carboxylic acids is 2. The lowest BCUT2D eigenvalue weighted by Crippen LogP contribution is -2.41. The highest BCUT2D eigenvalue weighted by molar-refractivity contribution is 6.13. The van der Waals surface area contributed by atoms with E-state index in [1.807, 2.05) is 18.1 Å². The number of amidine groups is 1. The van der Waals surface area contributed by atoms with Crippen molar-refractivity contribution < 1.29 is 14.7 Å². The first-order valence-electron chi connectivity index (χ1n) is 14.3. The largest absolute Gasteiger partial charge is 0.393 e. The Morgan fingerprint density at radius 1 is 1.02 bits per heavy atom. The fraction of sp³-hybridized carbons (Fsp3) is 0.452. The predicted molar refractivity (Wildman–Crippen MR) is 153 cm³/mol. The molecule has 9 nitrogen and oxygen atoms in total. The molecule has 1 N–H and O–H groups in total. The molecular weight excluding hydrogens is 504 g/mol. The topological polar surface area (TPSA) is 104 Å². The zero-order valence-corrected chi connectivity index (χ0v) is 23.2. The summed E-state index contributed by atoms with van der Waals surface area (Å²) in [6.07, 6.45) is 10.7. The standard InChI is InChI=1S/C31H36N6O3/c1-20(38)36-13-10-21(11-14-36)22-3-8-29-24(15-22)17-30(37(29)26-4-6-27(39)7-5-26)34-31(40)23-9-12-32-28(16-23)25-18-33-35(2)19-25/h3,8-9,12,15-16,18-19,21,26-27,39H,4-7,10-11,13-14,17H2,1-2H3. The molecule has 6 rings (SSSR count). The average molecular weight is 541 g/mol. The number of hydrogen-bond acceptors (Lipinski definition) is 5. The number of fused-ring (bicyclic) bond motifs is 1. The summed E-state index contributed by atoms with van der Waals surface area (Å²) in [4.78, 5) is 38.6. The Labute approximate surface area is 234 Å². The zero-order chi connectivity index (χ0) is 27.8. The highest BCUT2D eigenvalue weighted by Gasteiger charge is 2.35. The van der Waals surface area contributed by atoms with E-state index < -0.39 is 0 Å². The van der Waals surface area contributed by atoms with Gasteiger partial charge in [0.15, 0.2) is 0 Å². The third kappa shape index (κ3) is 5.30. The molecule has 9 heteroatoms. The van der Waals surface area contributed by atoms with Crippen LogP contribution in [-0.2, 0) is 18.3 Å². The van der Waals surface area contributed by atoms with Gasteiger partial charge in [-0.15, -0.1) is 0 Å². The summed E-state index contributed by atoms with van der Waals surface area (Å²) >= 11 is 0. The molecule has 0 radical (unpaired) electrons. The lowest BCUT2D eigenvalue weighted by atomic mass is 9.88. The van der Waals surface area contributed by atoms with Crippen LogP contribution in [0.4, 0.5) is 5.69 Å². The summed E-state index contributed by atoms with van der Waals surface area (Å²) in [5.74, 6) is 1.05. The number of piperidine rings is 1. The smallest absolute Gasteiger partial charge is 0.278 e. The summed E-state index contributed by atoms with van der Waals surface area (Å²) in [6.45, 7) is 3.23. The fourth-order valence-corrected chi connectivity index (χ4v) is 6.43. The second-order valence-electron chi connectivity index (χ2n) is 11.3. The van der Waals surface area contributed by atoms with Gasteiger partial charge in [-0.3, -0.25) is 19.3 Å². The van der Waals surface area contributed by atoms with Crippen molar-refractivity contribution in [3.8, 4) is 11.3 Å². The van der Waals surface area contributed by atoms with Gasteiger partial charge in [0.2, 0.25) is 5.91 Å². The summed E-state index contributed by atoms with van der Waals surface area (Å²) < 4.78 is 1.71. The van der Waals surface area contributed by atoms with Gasteiger partial charge in [-0.05, 0) is 73.8 Å². The first kappa shape index (κ1) is 26.4. The molecule has 1 aromatic carbocycles. The van der Waals surface area contributed by atoms with Gasteiger partial charge in [-0.1, -0.05) is 12.1 Å². The second kappa shape index (κ2) is 11.0. The number of nitrogens with zero attached hydrogens (tertiary/aromatic N) is 6. The Morgan fingerprint density at radius 3 is 2.50 bits per heavy atom. The van der Waals surface area contributed by atoms with Crippen LogP contribution in [0.15, 0.2) is 53.9 Å². The van der Waals surface area contributed by atoms with Crippen LogP contribution in [0.25, 0.3) is 11.3 Å². The predicted octanol–water partition coefficient (Wildman–Crippen LogP) is 4.11. The summed E-state index contributed by atoms with van der Waals surface area (Å²) in [5, 5.41) is 14.4. The number of aromatic nitrogens is 3. The first-order valence-corrected chi connectivity index (χ1v) is 14.3. The van der Waals surface area contributed by atoms with Gasteiger partial charge >= 0.3 is 0 Å². The average Bonchev–Trinajstić information content (AvgIpc) is 3.56. The van der Waals surface area contributed by atoms with Crippen LogP contribution in [0.3, 0.4) is 0 Å². The summed E-state index contributed by atoms with van der Waals surface area (Å²) in [5.41, 5.74) is 5.63. The van der Waals surface area contributed by atoms with E-state index in [1.54, 1.807) is 36.1 Å². The quantitative estimate of drug-likeness (QED) is 0.534. The molecule has 0 bridgehead atoms. The van der Waals surface area contributed by atoms with E-state index in [0.29, 0.717) is 23.6 Å². The Balaban J connectivity index is 1.28. The van der Waals surface area contributed by atoms with Gasteiger partial charge in [0, 0.05) is 68.7 Å². The van der Waals surface area contributed by atoms with E-state index in [-0.39, 0.29) is 24.0 Å². The second-order valence-corrected chi connectivity index (χ2v) is 11.3. The van der Waals surface area contributed by atoms with Crippen LogP contribution in [0, 0.1) is 0 Å². The first-order chi connectivity index (χ1) is 19.4. The van der Waals surface area contributed by atoms with Gasteiger partial charge in [0.05, 0.1) is 18.0 Å². The monoisotopic (exact) mass is 540 g/mol. The van der Waals surface area contributed by atoms with E-state index in [9.17, 15) is 14.7 Å². The number of hydrogen-bond donors (Lipinski definition) is 1. The van der Waals surface area contributed by atoms with Crippen molar-refractivity contribution in [1.29, 1.82) is 0 Å². The molecule has 3 aromatic rings. The third-order valence-electron chi connectivity index (χ3n) is 8.67. The molecular formula is C31H36N6O3. The SMILES string of the molecule is CC(=O)N1CCC(c2ccc3c(c2)CC(=NC(=O)c2ccnc(-c4cnn(C)c4)c2)N3C2CCC(O)CC2)CC1. The fourth-order valence-electron chi connectivity index (χ4n) is 6.43. The Bertz CT molecular complexity index is 1450. The van der Waals surface area contributed by atoms with Crippen molar-refractivity contribution in [2.45, 2.75) is 69.9 Å². The molecule has 2 aliphatic heterocycles. The molecule has 1 saturated carbocycles. The van der Waals surface area contributed by atoms with E-state index in [2.05, 4.69) is 33.2 Å². The van der Waals surface area contributed by atoms with Crippen molar-refractivity contribution in [1.82, 2.24) is 19.7 Å². The third-order valence-corrected chi connectivity index (χ3v) is 8.67. The molecule has 0 spiro atoms. The van der Waals surface area contributed by atoms with Crippen LogP contribution in [0.1, 0.15) is 72.9 Å². The van der Waals surface area contributed by atoms with Crippen LogP contribution in [-0.4, -0.2) is 67.7 Å². The normalized spacial score (nSPS) is 22.5. The molecule has 40 heavy (non-hydrogen) atoms. The number of benzene rings is 1. The minimum absolute atomic E-state index is 0.146. The number of rotatable bonds is 4. The number of aryl methyl sites for hydroxylation is 1. The maximum absolute atomic E-state index is 13.5. The van der Waals surface area contributed by atoms with Crippen LogP contribution in [0.2, 0.25) is 0 Å². The van der Waals surface area contributed by atoms with Crippen molar-refractivity contribution in [2.75, 3.05) is 18.0 Å². The number of aliphatic imine (C=N–C) groups is 1. The van der Waals surface area contributed by atoms with E-state index >= 15 is 0 Å². The summed E-state index contributed by atoms with van der Waals surface area (Å²) in [7, 11) is 1.85. The Kier molecular flexibility index (Phi) is 7.23. The van der Waals surface area contributed by atoms with Gasteiger partial charge in [-0.2, -0.15) is 10.1 Å². The van der Waals surface area contributed by atoms with Crippen molar-refractivity contribution >= 4 is 23.3 Å². The molecule has 1 saturated heterocycles. The number of aliphatic hydroxyl groups is 1. The lowest BCUT2D eigenvalue weighted by molar-refractivity contribution is -0.129. The molecule has 3 aliphatic rings. The molecule has 4 heterocycles. The maximum Gasteiger partial charge on any atom is 0.278 e. The minimum atomic E-state index is -0.284. The number of amides is 2. The zero-order valence-electron chi connectivity index (χ0n) is 23.2. The summed E-state index contributed by atoms with van der Waals surface area (Å²) in [6, 6.07) is 10.4. The van der Waals surface area contributed by atoms with Crippen LogP contribution in [0.5, 0.6) is 0 Å². The van der Waals surface area contributed by atoms with Crippen molar-refractivity contribution in [3.63, 3.8) is 0 Å². The lowest BCUT2D eigenvalue weighted by Gasteiger charge is -2.35. The number of likely N-dealkylation sites (tertiary alicyclic amines) is 1. The minimum Gasteiger partial charge on any atom is -0.393 e. The van der Waals surface area contributed by atoms with E-state index in [0.717, 1.165) is 68.7 Å². The number of pyridine rings is 1. The molecule has 1 aliphatic carbocycles. The number of carbonyl (C=O) groups is 2. The molecule has 2 aromatic heterocycles. The molecule has 208 valence electrons. The maximum atomic E-state index is 13.5. The number of aliphatic hydroxyl groups excluding tert-OH is 1. The van der Waals surface area contributed by atoms with Crippen LogP contribution >= 0.6 is 0 Å². The van der Waals surface area contributed by atoms with E-state index in [4.69, 9.17) is 4.99 Å². The van der Waals surface area contributed by atoms with Crippen molar-refractivity contribution in [2.24, 2.45) is 12.0 Å². The highest BCUT2D eigenvalue weighted by Crippen LogP contribution is 2.39. The molecule has 2 fully saturated rings. The van der Waals surface area contributed by atoms with E-state index in [1.165, 1.54) is 11.1 Å². The molecule has 2 amide bonds. The van der Waals surface area contributed by atoms with Crippen molar-refractivity contribution in [3.05, 3.63) is 65.6 Å². The molecule has 0 atom stereocenters. The molecule has 0 unspecified atom stereocenters. The highest BCUT2D eigenvalue weighted by atomic mass is 16.3. The van der Waals surface area contributed by atoms with Gasteiger partial charge < -0.3 is 14.9 Å². The van der Waals surface area contributed by atoms with Gasteiger partial charge in [0.1, 0.15) is 5.84 Å².